The van der Waals surface area contributed by atoms with Gasteiger partial charge in [-0.05, 0) is 25.7 Å². The van der Waals surface area contributed by atoms with Gasteiger partial charge in [0.25, 0.3) is 5.91 Å². The van der Waals surface area contributed by atoms with Crippen LogP contribution in [0.2, 0.25) is 0 Å². The van der Waals surface area contributed by atoms with Crippen molar-refractivity contribution >= 4 is 11.7 Å². The first-order valence-electron chi connectivity index (χ1n) is 9.12. The number of amides is 1. The molecule has 0 aliphatic heterocycles. The Bertz CT molecular complexity index is 899. The molecular weight excluding hydrogens is 352 g/mol. The smallest absolute Gasteiger partial charge is 0.270 e. The van der Waals surface area contributed by atoms with Crippen LogP contribution < -0.4 is 10.6 Å². The second-order valence-corrected chi connectivity index (χ2v) is 6.60. The summed E-state index contributed by atoms with van der Waals surface area (Å²) in [5.41, 5.74) is 2.22. The van der Waals surface area contributed by atoms with Crippen molar-refractivity contribution in [1.29, 1.82) is 0 Å². The van der Waals surface area contributed by atoms with Crippen molar-refractivity contribution in [3.63, 3.8) is 0 Å². The number of rotatable bonds is 8. The van der Waals surface area contributed by atoms with Crippen LogP contribution in [0.5, 0.6) is 0 Å². The van der Waals surface area contributed by atoms with Gasteiger partial charge in [0.15, 0.2) is 5.82 Å². The monoisotopic (exact) mass is 376 g/mol. The number of hydrogen-bond donors (Lipinski definition) is 2. The fourth-order valence-corrected chi connectivity index (χ4v) is 2.55. The van der Waals surface area contributed by atoms with E-state index in [2.05, 4.69) is 25.6 Å². The summed E-state index contributed by atoms with van der Waals surface area (Å²) in [4.78, 5) is 27.7. The van der Waals surface area contributed by atoms with Crippen LogP contribution in [-0.2, 0) is 6.54 Å². The SMILES string of the molecule is CN(C)CCNC(=O)c1cc(NCc2cccnc2)nc(-c2ccccc2)n1. The van der Waals surface area contributed by atoms with Crippen molar-refractivity contribution in [2.45, 2.75) is 6.54 Å². The predicted molar refractivity (Wildman–Crippen MR) is 110 cm³/mol. The second-order valence-electron chi connectivity index (χ2n) is 6.60. The van der Waals surface area contributed by atoms with Gasteiger partial charge in [0, 0.05) is 43.7 Å². The van der Waals surface area contributed by atoms with E-state index in [1.807, 2.05) is 61.5 Å². The van der Waals surface area contributed by atoms with E-state index in [-0.39, 0.29) is 5.91 Å². The van der Waals surface area contributed by atoms with Crippen molar-refractivity contribution < 1.29 is 4.79 Å². The Hall–Kier alpha value is -3.32. The molecule has 0 spiro atoms. The van der Waals surface area contributed by atoms with Gasteiger partial charge in [-0.2, -0.15) is 0 Å². The second kappa shape index (κ2) is 9.57. The zero-order valence-corrected chi connectivity index (χ0v) is 16.1. The first-order valence-corrected chi connectivity index (χ1v) is 9.12. The average Bonchev–Trinajstić information content (AvgIpc) is 2.73. The van der Waals surface area contributed by atoms with Crippen molar-refractivity contribution in [2.24, 2.45) is 0 Å². The Morgan fingerprint density at radius 1 is 1.07 bits per heavy atom. The molecule has 0 saturated carbocycles. The summed E-state index contributed by atoms with van der Waals surface area (Å²) in [5.74, 6) is 0.885. The average molecular weight is 376 g/mol. The molecule has 0 aliphatic rings. The van der Waals surface area contributed by atoms with E-state index >= 15 is 0 Å². The molecule has 3 aromatic rings. The van der Waals surface area contributed by atoms with Crippen LogP contribution in [0, 0.1) is 0 Å². The minimum atomic E-state index is -0.217. The fourth-order valence-electron chi connectivity index (χ4n) is 2.55. The fraction of sp³-hybridized carbons (Fsp3) is 0.238. The van der Waals surface area contributed by atoms with Gasteiger partial charge in [-0.1, -0.05) is 36.4 Å². The predicted octanol–water partition coefficient (Wildman–Crippen LogP) is 2.44. The molecule has 144 valence electrons. The first-order chi connectivity index (χ1) is 13.6. The molecule has 0 unspecified atom stereocenters. The zero-order valence-electron chi connectivity index (χ0n) is 16.1. The third kappa shape index (κ3) is 5.59. The summed E-state index contributed by atoms with van der Waals surface area (Å²) < 4.78 is 0. The molecule has 7 nitrogen and oxygen atoms in total. The van der Waals surface area contributed by atoms with E-state index in [0.29, 0.717) is 30.4 Å². The Labute approximate surface area is 164 Å². The van der Waals surface area contributed by atoms with Crippen molar-refractivity contribution in [3.05, 3.63) is 72.2 Å². The van der Waals surface area contributed by atoms with Crippen LogP contribution in [0.15, 0.2) is 60.9 Å². The molecule has 2 heterocycles. The maximum Gasteiger partial charge on any atom is 0.270 e. The third-order valence-corrected chi connectivity index (χ3v) is 4.03. The standard InChI is InChI=1S/C21H24N6O/c1-27(2)12-11-23-21(28)18-13-19(24-15-16-7-6-10-22-14-16)26-20(25-18)17-8-4-3-5-9-17/h3-10,13-14H,11-12,15H2,1-2H3,(H,23,28)(H,24,25,26). The number of aromatic nitrogens is 3. The lowest BCUT2D eigenvalue weighted by Crippen LogP contribution is -2.32. The number of carbonyl (C=O) groups excluding carboxylic acids is 1. The van der Waals surface area contributed by atoms with E-state index in [1.165, 1.54) is 0 Å². The summed E-state index contributed by atoms with van der Waals surface area (Å²) in [6.45, 7) is 1.87. The number of nitrogens with one attached hydrogen (secondary N) is 2. The quantitative estimate of drug-likeness (QED) is 0.628. The van der Waals surface area contributed by atoms with Gasteiger partial charge in [0.1, 0.15) is 11.5 Å². The van der Waals surface area contributed by atoms with Crippen LogP contribution in [-0.4, -0.2) is 52.9 Å². The van der Waals surface area contributed by atoms with E-state index in [1.54, 1.807) is 18.5 Å². The lowest BCUT2D eigenvalue weighted by atomic mass is 10.2. The maximum absolute atomic E-state index is 12.6. The van der Waals surface area contributed by atoms with Crippen molar-refractivity contribution in [1.82, 2.24) is 25.2 Å². The molecule has 1 amide bonds. The zero-order chi connectivity index (χ0) is 19.8. The number of likely N-dealkylation sites (N-methyl/N-ethyl adjacent to an activating group) is 1. The molecule has 2 N–H and O–H groups in total. The van der Waals surface area contributed by atoms with E-state index in [9.17, 15) is 4.79 Å². The Morgan fingerprint density at radius 2 is 1.89 bits per heavy atom. The van der Waals surface area contributed by atoms with E-state index in [0.717, 1.165) is 17.7 Å². The van der Waals surface area contributed by atoms with E-state index < -0.39 is 0 Å². The number of pyridine rings is 1. The van der Waals surface area contributed by atoms with Crippen LogP contribution in [0.25, 0.3) is 11.4 Å². The highest BCUT2D eigenvalue weighted by Gasteiger charge is 2.13. The number of benzene rings is 1. The minimum Gasteiger partial charge on any atom is -0.366 e. The molecule has 0 aliphatic carbocycles. The Kier molecular flexibility index (Phi) is 6.64. The van der Waals surface area contributed by atoms with E-state index in [4.69, 9.17) is 0 Å². The van der Waals surface area contributed by atoms with Gasteiger partial charge in [0.2, 0.25) is 0 Å². The summed E-state index contributed by atoms with van der Waals surface area (Å²) in [6.07, 6.45) is 3.53. The molecule has 0 atom stereocenters. The maximum atomic E-state index is 12.6. The summed E-state index contributed by atoms with van der Waals surface area (Å²) in [6, 6.07) is 15.2. The third-order valence-electron chi connectivity index (χ3n) is 4.03. The number of carbonyl (C=O) groups is 1. The molecule has 28 heavy (non-hydrogen) atoms. The van der Waals surface area contributed by atoms with Gasteiger partial charge in [-0.3, -0.25) is 9.78 Å². The number of hydrogen-bond acceptors (Lipinski definition) is 6. The first kappa shape index (κ1) is 19.4. The van der Waals surface area contributed by atoms with Crippen molar-refractivity contribution in [2.75, 3.05) is 32.5 Å². The van der Waals surface area contributed by atoms with Crippen molar-refractivity contribution in [3.8, 4) is 11.4 Å². The Morgan fingerprint density at radius 3 is 2.61 bits per heavy atom. The molecule has 0 bridgehead atoms. The van der Waals surface area contributed by atoms with Crippen LogP contribution in [0.4, 0.5) is 5.82 Å². The van der Waals surface area contributed by atoms with Gasteiger partial charge in [0.05, 0.1) is 0 Å². The largest absolute Gasteiger partial charge is 0.366 e. The van der Waals surface area contributed by atoms with Gasteiger partial charge in [-0.15, -0.1) is 0 Å². The van der Waals surface area contributed by atoms with Gasteiger partial charge < -0.3 is 15.5 Å². The minimum absolute atomic E-state index is 0.217. The Balaban J connectivity index is 1.82. The lowest BCUT2D eigenvalue weighted by molar-refractivity contribution is 0.0946. The molecule has 7 heteroatoms. The molecule has 1 aromatic carbocycles. The summed E-state index contributed by atoms with van der Waals surface area (Å²) >= 11 is 0. The molecule has 0 saturated heterocycles. The van der Waals surface area contributed by atoms with Crippen LogP contribution in [0.3, 0.4) is 0 Å². The van der Waals surface area contributed by atoms with Crippen LogP contribution in [0.1, 0.15) is 16.1 Å². The van der Waals surface area contributed by atoms with Gasteiger partial charge >= 0.3 is 0 Å². The van der Waals surface area contributed by atoms with Gasteiger partial charge in [-0.25, -0.2) is 9.97 Å². The number of anilines is 1. The molecule has 0 radical (unpaired) electrons. The number of nitrogens with zero attached hydrogens (tertiary/aromatic N) is 4. The normalized spacial score (nSPS) is 10.7. The highest BCUT2D eigenvalue weighted by Crippen LogP contribution is 2.18. The molecule has 3 rings (SSSR count). The summed E-state index contributed by atoms with van der Waals surface area (Å²) in [5, 5.41) is 6.16. The topological polar surface area (TPSA) is 83.0 Å². The van der Waals surface area contributed by atoms with Crippen LogP contribution >= 0.6 is 0 Å². The highest BCUT2D eigenvalue weighted by molar-refractivity contribution is 5.93. The molecule has 2 aromatic heterocycles. The lowest BCUT2D eigenvalue weighted by Gasteiger charge is -2.12. The molecular formula is C21H24N6O. The molecule has 0 fully saturated rings. The highest BCUT2D eigenvalue weighted by atomic mass is 16.1. The summed E-state index contributed by atoms with van der Waals surface area (Å²) in [7, 11) is 3.93.